The number of thioether (sulfide) groups is 1. The van der Waals surface area contributed by atoms with Crippen LogP contribution in [0.4, 0.5) is 5.69 Å². The van der Waals surface area contributed by atoms with Crippen molar-refractivity contribution in [3.63, 3.8) is 0 Å². The molecule has 0 saturated heterocycles. The van der Waals surface area contributed by atoms with E-state index in [1.54, 1.807) is 11.8 Å². The molecule has 1 aliphatic heterocycles. The second-order valence-corrected chi connectivity index (χ2v) is 5.16. The molecule has 86 valence electrons. The predicted octanol–water partition coefficient (Wildman–Crippen LogP) is 3.74. The molecule has 0 atom stereocenters. The van der Waals surface area contributed by atoms with Gasteiger partial charge >= 0.3 is 0 Å². The van der Waals surface area contributed by atoms with Crippen LogP contribution in [0.15, 0.2) is 47.5 Å². The largest absolute Gasteiger partial charge is 0.335 e. The second kappa shape index (κ2) is 4.80. The number of fused-ring (bicyclic) bond motifs is 1. The average Bonchev–Trinajstić information content (AvgIpc) is 2.40. The van der Waals surface area contributed by atoms with E-state index >= 15 is 0 Å². The summed E-state index contributed by atoms with van der Waals surface area (Å²) in [6.07, 6.45) is 1.19. The highest BCUT2D eigenvalue weighted by atomic mass is 32.2. The second-order valence-electron chi connectivity index (χ2n) is 4.08. The van der Waals surface area contributed by atoms with Gasteiger partial charge in [-0.05, 0) is 29.3 Å². The lowest BCUT2D eigenvalue weighted by atomic mass is 10.1. The van der Waals surface area contributed by atoms with Gasteiger partial charge in [0.25, 0.3) is 0 Å². The lowest BCUT2D eigenvalue weighted by molar-refractivity contribution is 0.938. The maximum absolute atomic E-state index is 4.47. The van der Waals surface area contributed by atoms with Gasteiger partial charge < -0.3 is 5.32 Å². The molecular formula is C14H14N2S. The van der Waals surface area contributed by atoms with Crippen LogP contribution in [0.1, 0.15) is 6.42 Å². The van der Waals surface area contributed by atoms with Gasteiger partial charge in [0.15, 0.2) is 5.17 Å². The third kappa shape index (κ3) is 2.44. The highest BCUT2D eigenvalue weighted by Crippen LogP contribution is 2.21. The van der Waals surface area contributed by atoms with Crippen molar-refractivity contribution in [3.8, 4) is 0 Å². The fraction of sp³-hybridized carbons (Fsp3) is 0.214. The normalized spacial score (nSPS) is 15.6. The molecule has 0 aromatic heterocycles. The summed E-state index contributed by atoms with van der Waals surface area (Å²) in [5, 5.41) is 6.97. The minimum Gasteiger partial charge on any atom is -0.335 e. The molecular weight excluding hydrogens is 228 g/mol. The predicted molar refractivity (Wildman–Crippen MR) is 76.9 cm³/mol. The first-order valence-electron chi connectivity index (χ1n) is 5.85. The van der Waals surface area contributed by atoms with Crippen LogP contribution in [0.25, 0.3) is 10.8 Å². The molecule has 3 rings (SSSR count). The van der Waals surface area contributed by atoms with E-state index in [2.05, 4.69) is 52.8 Å². The Balaban J connectivity index is 1.87. The molecule has 1 N–H and O–H groups in total. The highest BCUT2D eigenvalue weighted by Gasteiger charge is 2.05. The summed E-state index contributed by atoms with van der Waals surface area (Å²) in [5.74, 6) is 1.17. The number of rotatable bonds is 1. The lowest BCUT2D eigenvalue weighted by Crippen LogP contribution is -2.13. The Bertz CT molecular complexity index is 563. The van der Waals surface area contributed by atoms with E-state index in [4.69, 9.17) is 0 Å². The quantitative estimate of drug-likeness (QED) is 0.823. The molecule has 0 bridgehead atoms. The molecule has 0 aliphatic carbocycles. The van der Waals surface area contributed by atoms with Gasteiger partial charge in [-0.15, -0.1) is 0 Å². The summed E-state index contributed by atoms with van der Waals surface area (Å²) in [5.41, 5.74) is 1.12. The van der Waals surface area contributed by atoms with E-state index in [0.717, 1.165) is 17.4 Å². The molecule has 1 aliphatic rings. The summed E-state index contributed by atoms with van der Waals surface area (Å²) >= 11 is 1.80. The summed E-state index contributed by atoms with van der Waals surface area (Å²) in [6, 6.07) is 14.8. The number of hydrogen-bond acceptors (Lipinski definition) is 3. The van der Waals surface area contributed by atoms with Crippen LogP contribution in [0.2, 0.25) is 0 Å². The SMILES string of the molecule is c1ccc2cc(NC3=NCCCS3)ccc2c1. The smallest absolute Gasteiger partial charge is 0.161 e. The van der Waals surface area contributed by atoms with E-state index < -0.39 is 0 Å². The summed E-state index contributed by atoms with van der Waals surface area (Å²) in [4.78, 5) is 4.47. The number of nitrogens with one attached hydrogen (secondary N) is 1. The van der Waals surface area contributed by atoms with Gasteiger partial charge in [0, 0.05) is 18.0 Å². The van der Waals surface area contributed by atoms with E-state index in [9.17, 15) is 0 Å². The molecule has 3 heteroatoms. The van der Waals surface area contributed by atoms with E-state index in [0.29, 0.717) is 0 Å². The average molecular weight is 242 g/mol. The van der Waals surface area contributed by atoms with Crippen LogP contribution < -0.4 is 5.32 Å². The Kier molecular flexibility index (Phi) is 3.01. The van der Waals surface area contributed by atoms with Gasteiger partial charge in [-0.2, -0.15) is 0 Å². The molecule has 2 aromatic rings. The first kappa shape index (κ1) is 10.7. The van der Waals surface area contributed by atoms with Crippen molar-refractivity contribution in [2.24, 2.45) is 4.99 Å². The van der Waals surface area contributed by atoms with Crippen molar-refractivity contribution in [2.75, 3.05) is 17.6 Å². The Labute approximate surface area is 105 Å². The number of amidine groups is 1. The van der Waals surface area contributed by atoms with Crippen molar-refractivity contribution < 1.29 is 0 Å². The van der Waals surface area contributed by atoms with Gasteiger partial charge in [-0.1, -0.05) is 42.1 Å². The highest BCUT2D eigenvalue weighted by molar-refractivity contribution is 8.14. The van der Waals surface area contributed by atoms with Crippen molar-refractivity contribution in [3.05, 3.63) is 42.5 Å². The minimum absolute atomic E-state index is 0.947. The van der Waals surface area contributed by atoms with Crippen LogP contribution in [0.3, 0.4) is 0 Å². The Morgan fingerprint density at radius 1 is 1.06 bits per heavy atom. The van der Waals surface area contributed by atoms with Gasteiger partial charge in [-0.3, -0.25) is 4.99 Å². The number of aliphatic imine (C=N–C) groups is 1. The Morgan fingerprint density at radius 2 is 1.94 bits per heavy atom. The zero-order valence-electron chi connectivity index (χ0n) is 9.52. The number of anilines is 1. The maximum atomic E-state index is 4.47. The fourth-order valence-corrected chi connectivity index (χ4v) is 2.77. The topological polar surface area (TPSA) is 24.4 Å². The number of benzene rings is 2. The first-order chi connectivity index (χ1) is 8.42. The maximum Gasteiger partial charge on any atom is 0.161 e. The van der Waals surface area contributed by atoms with Crippen molar-refractivity contribution in [1.82, 2.24) is 0 Å². The Hall–Kier alpha value is -1.48. The van der Waals surface area contributed by atoms with Crippen LogP contribution in [0, 0.1) is 0 Å². The Morgan fingerprint density at radius 3 is 2.76 bits per heavy atom. The summed E-state index contributed by atoms with van der Waals surface area (Å²) in [6.45, 7) is 0.947. The van der Waals surface area contributed by atoms with Crippen LogP contribution in [-0.4, -0.2) is 17.5 Å². The summed E-state index contributed by atoms with van der Waals surface area (Å²) in [7, 11) is 0. The zero-order chi connectivity index (χ0) is 11.5. The third-order valence-corrected chi connectivity index (χ3v) is 3.79. The number of nitrogens with zero attached hydrogens (tertiary/aromatic N) is 1. The van der Waals surface area contributed by atoms with E-state index in [-0.39, 0.29) is 0 Å². The summed E-state index contributed by atoms with van der Waals surface area (Å²) < 4.78 is 0. The van der Waals surface area contributed by atoms with Crippen LogP contribution in [0.5, 0.6) is 0 Å². The van der Waals surface area contributed by atoms with E-state index in [1.165, 1.54) is 22.9 Å². The van der Waals surface area contributed by atoms with Crippen LogP contribution >= 0.6 is 11.8 Å². The molecule has 0 radical (unpaired) electrons. The molecule has 17 heavy (non-hydrogen) atoms. The molecule has 0 amide bonds. The van der Waals surface area contributed by atoms with Crippen LogP contribution in [-0.2, 0) is 0 Å². The molecule has 0 spiro atoms. The third-order valence-electron chi connectivity index (χ3n) is 2.80. The van der Waals surface area contributed by atoms with Gasteiger partial charge in [0.1, 0.15) is 0 Å². The molecule has 2 nitrogen and oxygen atoms in total. The monoisotopic (exact) mass is 242 g/mol. The molecule has 0 saturated carbocycles. The standard InChI is InChI=1S/C14H14N2S/c1-2-5-12-10-13(7-6-11(12)4-1)16-14-15-8-3-9-17-14/h1-2,4-7,10H,3,8-9H2,(H,15,16). The fourth-order valence-electron chi connectivity index (χ4n) is 1.93. The molecule has 0 unspecified atom stereocenters. The van der Waals surface area contributed by atoms with Gasteiger partial charge in [0.05, 0.1) is 0 Å². The van der Waals surface area contributed by atoms with Crippen molar-refractivity contribution in [2.45, 2.75) is 6.42 Å². The molecule has 2 aromatic carbocycles. The van der Waals surface area contributed by atoms with Crippen molar-refractivity contribution >= 4 is 33.4 Å². The zero-order valence-corrected chi connectivity index (χ0v) is 10.3. The van der Waals surface area contributed by atoms with E-state index in [1.807, 2.05) is 0 Å². The van der Waals surface area contributed by atoms with Gasteiger partial charge in [-0.25, -0.2) is 0 Å². The number of hydrogen-bond donors (Lipinski definition) is 1. The molecule has 1 heterocycles. The minimum atomic E-state index is 0.947. The molecule has 0 fully saturated rings. The van der Waals surface area contributed by atoms with Gasteiger partial charge in [0.2, 0.25) is 0 Å². The first-order valence-corrected chi connectivity index (χ1v) is 6.83. The lowest BCUT2D eigenvalue weighted by Gasteiger charge is -2.13. The van der Waals surface area contributed by atoms with Crippen molar-refractivity contribution in [1.29, 1.82) is 0 Å².